The molecule has 0 saturated carbocycles. The number of nitrogens with zero attached hydrogens (tertiary/aromatic N) is 1. The molecule has 0 aliphatic carbocycles. The number of urea groups is 1. The number of carbonyl (C=O) groups is 2. The first-order chi connectivity index (χ1) is 12.9. The standard InChI is InChI=1S/C19H27N3O5/c1-5-26-18(23)17-13(2)20-19(24)21-16(17)12-22(3)10-11-27-15-8-6-14(25-4)7-9-15/h6-9,13H,5,10-12H2,1-4H3,(H2,20,21,24)/t13-/m0/s1. The van der Waals surface area contributed by atoms with Gasteiger partial charge in [-0.2, -0.15) is 0 Å². The molecular weight excluding hydrogens is 350 g/mol. The number of ether oxygens (including phenoxy) is 3. The Balaban J connectivity index is 1.94. The maximum atomic E-state index is 12.2. The van der Waals surface area contributed by atoms with Gasteiger partial charge in [-0.15, -0.1) is 0 Å². The lowest BCUT2D eigenvalue weighted by atomic mass is 10.0. The molecule has 0 aromatic heterocycles. The quantitative estimate of drug-likeness (QED) is 0.635. The van der Waals surface area contributed by atoms with E-state index in [2.05, 4.69) is 10.6 Å². The Kier molecular flexibility index (Phi) is 7.48. The minimum Gasteiger partial charge on any atom is -0.497 e. The van der Waals surface area contributed by atoms with Crippen LogP contribution >= 0.6 is 0 Å². The maximum absolute atomic E-state index is 12.2. The summed E-state index contributed by atoms with van der Waals surface area (Å²) in [4.78, 5) is 26.0. The summed E-state index contributed by atoms with van der Waals surface area (Å²) in [6.45, 7) is 5.27. The van der Waals surface area contributed by atoms with Gasteiger partial charge in [-0.25, -0.2) is 9.59 Å². The Morgan fingerprint density at radius 1 is 1.22 bits per heavy atom. The molecule has 0 unspecified atom stereocenters. The van der Waals surface area contributed by atoms with Gasteiger partial charge in [0, 0.05) is 18.8 Å². The molecule has 1 heterocycles. The molecule has 0 spiro atoms. The van der Waals surface area contributed by atoms with Crippen molar-refractivity contribution in [2.24, 2.45) is 0 Å². The monoisotopic (exact) mass is 377 g/mol. The Morgan fingerprint density at radius 3 is 2.52 bits per heavy atom. The lowest BCUT2D eigenvalue weighted by molar-refractivity contribution is -0.139. The lowest BCUT2D eigenvalue weighted by Crippen LogP contribution is -2.51. The number of esters is 1. The second-order valence-electron chi connectivity index (χ2n) is 6.19. The van der Waals surface area contributed by atoms with Gasteiger partial charge >= 0.3 is 12.0 Å². The van der Waals surface area contributed by atoms with Gasteiger partial charge in [-0.1, -0.05) is 0 Å². The fourth-order valence-electron chi connectivity index (χ4n) is 2.74. The van der Waals surface area contributed by atoms with Crippen LogP contribution in [0.1, 0.15) is 13.8 Å². The second-order valence-corrected chi connectivity index (χ2v) is 6.19. The van der Waals surface area contributed by atoms with Crippen molar-refractivity contribution in [2.45, 2.75) is 19.9 Å². The van der Waals surface area contributed by atoms with Gasteiger partial charge in [0.25, 0.3) is 0 Å². The van der Waals surface area contributed by atoms with Crippen LogP contribution in [0.2, 0.25) is 0 Å². The predicted molar refractivity (Wildman–Crippen MR) is 101 cm³/mol. The summed E-state index contributed by atoms with van der Waals surface area (Å²) in [6.07, 6.45) is 0. The van der Waals surface area contributed by atoms with Gasteiger partial charge < -0.3 is 24.8 Å². The summed E-state index contributed by atoms with van der Waals surface area (Å²) in [7, 11) is 3.51. The summed E-state index contributed by atoms with van der Waals surface area (Å²) in [5, 5.41) is 5.40. The van der Waals surface area contributed by atoms with Crippen LogP contribution in [0.3, 0.4) is 0 Å². The number of nitrogens with one attached hydrogen (secondary N) is 2. The van der Waals surface area contributed by atoms with E-state index in [1.807, 2.05) is 36.2 Å². The van der Waals surface area contributed by atoms with E-state index >= 15 is 0 Å². The molecule has 1 atom stereocenters. The van der Waals surface area contributed by atoms with Crippen molar-refractivity contribution in [3.8, 4) is 11.5 Å². The molecule has 0 bridgehead atoms. The molecule has 8 nitrogen and oxygen atoms in total. The summed E-state index contributed by atoms with van der Waals surface area (Å²) >= 11 is 0. The van der Waals surface area contributed by atoms with Crippen molar-refractivity contribution >= 4 is 12.0 Å². The summed E-state index contributed by atoms with van der Waals surface area (Å²) in [5.41, 5.74) is 0.996. The fraction of sp³-hybridized carbons (Fsp3) is 0.474. The Hall–Kier alpha value is -2.74. The van der Waals surface area contributed by atoms with Crippen molar-refractivity contribution in [1.82, 2.24) is 15.5 Å². The number of methoxy groups -OCH3 is 1. The average molecular weight is 377 g/mol. The van der Waals surface area contributed by atoms with Crippen molar-refractivity contribution in [1.29, 1.82) is 0 Å². The third-order valence-corrected chi connectivity index (χ3v) is 4.09. The van der Waals surface area contributed by atoms with Gasteiger partial charge in [0.05, 0.1) is 25.3 Å². The molecule has 2 amide bonds. The zero-order chi connectivity index (χ0) is 19.8. The fourth-order valence-corrected chi connectivity index (χ4v) is 2.74. The highest BCUT2D eigenvalue weighted by Gasteiger charge is 2.29. The molecule has 0 fully saturated rings. The van der Waals surface area contributed by atoms with E-state index in [-0.39, 0.29) is 12.6 Å². The lowest BCUT2D eigenvalue weighted by Gasteiger charge is -2.29. The molecule has 148 valence electrons. The van der Waals surface area contributed by atoms with Crippen molar-refractivity contribution in [3.05, 3.63) is 35.5 Å². The summed E-state index contributed by atoms with van der Waals surface area (Å²) < 4.78 is 15.9. The average Bonchev–Trinajstić information content (AvgIpc) is 2.62. The molecule has 1 aromatic carbocycles. The maximum Gasteiger partial charge on any atom is 0.337 e. The number of rotatable bonds is 9. The van der Waals surface area contributed by atoms with Gasteiger partial charge in [0.1, 0.15) is 18.1 Å². The Morgan fingerprint density at radius 2 is 1.89 bits per heavy atom. The highest BCUT2D eigenvalue weighted by atomic mass is 16.5. The largest absolute Gasteiger partial charge is 0.497 e. The van der Waals surface area contributed by atoms with E-state index in [0.717, 1.165) is 11.5 Å². The number of hydrogen-bond donors (Lipinski definition) is 2. The van der Waals surface area contributed by atoms with E-state index in [9.17, 15) is 9.59 Å². The topological polar surface area (TPSA) is 89.1 Å². The molecule has 2 N–H and O–H groups in total. The van der Waals surface area contributed by atoms with E-state index < -0.39 is 12.0 Å². The molecule has 0 radical (unpaired) electrons. The minimum atomic E-state index is -0.421. The van der Waals surface area contributed by atoms with Gasteiger partial charge in [0.2, 0.25) is 0 Å². The smallest absolute Gasteiger partial charge is 0.337 e. The van der Waals surface area contributed by atoms with Crippen LogP contribution in [-0.2, 0) is 9.53 Å². The minimum absolute atomic E-state index is 0.280. The van der Waals surface area contributed by atoms with E-state index in [1.54, 1.807) is 21.0 Å². The van der Waals surface area contributed by atoms with Crippen LogP contribution in [0.25, 0.3) is 0 Å². The molecule has 27 heavy (non-hydrogen) atoms. The number of hydrogen-bond acceptors (Lipinski definition) is 6. The molecule has 2 rings (SSSR count). The van der Waals surface area contributed by atoms with Crippen LogP contribution in [-0.4, -0.2) is 63.4 Å². The van der Waals surface area contributed by atoms with E-state index in [1.165, 1.54) is 0 Å². The molecule has 0 saturated heterocycles. The molecule has 1 aliphatic heterocycles. The van der Waals surface area contributed by atoms with Gasteiger partial charge in [0.15, 0.2) is 0 Å². The van der Waals surface area contributed by atoms with Gasteiger partial charge in [-0.05, 0) is 45.2 Å². The number of likely N-dealkylation sites (N-methyl/N-ethyl adjacent to an activating group) is 1. The van der Waals surface area contributed by atoms with Crippen molar-refractivity contribution < 1.29 is 23.8 Å². The van der Waals surface area contributed by atoms with Crippen molar-refractivity contribution in [2.75, 3.05) is 40.5 Å². The highest BCUT2D eigenvalue weighted by molar-refractivity contribution is 5.94. The number of benzene rings is 1. The van der Waals surface area contributed by atoms with Crippen molar-refractivity contribution in [3.63, 3.8) is 0 Å². The van der Waals surface area contributed by atoms with Crippen LogP contribution in [0.5, 0.6) is 11.5 Å². The highest BCUT2D eigenvalue weighted by Crippen LogP contribution is 2.17. The number of carbonyl (C=O) groups excluding carboxylic acids is 2. The third kappa shape index (κ3) is 5.89. The first kappa shape index (κ1) is 20.6. The zero-order valence-electron chi connectivity index (χ0n) is 16.2. The Bertz CT molecular complexity index is 687. The predicted octanol–water partition coefficient (Wildman–Crippen LogP) is 1.52. The number of amides is 2. The second kappa shape index (κ2) is 9.82. The zero-order valence-corrected chi connectivity index (χ0v) is 16.2. The van der Waals surface area contributed by atoms with E-state index in [0.29, 0.717) is 31.0 Å². The molecule has 1 aromatic rings. The van der Waals surface area contributed by atoms with Gasteiger partial charge in [-0.3, -0.25) is 4.90 Å². The van der Waals surface area contributed by atoms with Crippen LogP contribution in [0.4, 0.5) is 4.79 Å². The molecule has 1 aliphatic rings. The summed E-state index contributed by atoms with van der Waals surface area (Å²) in [6, 6.07) is 6.62. The molecular formula is C19H27N3O5. The molecule has 8 heteroatoms. The summed E-state index contributed by atoms with van der Waals surface area (Å²) in [5.74, 6) is 1.10. The van der Waals surface area contributed by atoms with Crippen LogP contribution < -0.4 is 20.1 Å². The third-order valence-electron chi connectivity index (χ3n) is 4.09. The first-order valence-corrected chi connectivity index (χ1v) is 8.87. The first-order valence-electron chi connectivity index (χ1n) is 8.87. The normalized spacial score (nSPS) is 16.6. The SMILES string of the molecule is CCOC(=O)C1=C(CN(C)CCOc2ccc(OC)cc2)NC(=O)N[C@H]1C. The van der Waals surface area contributed by atoms with E-state index in [4.69, 9.17) is 14.2 Å². The Labute approximate surface area is 159 Å². The van der Waals surface area contributed by atoms with Crippen LogP contribution in [0, 0.1) is 0 Å². The van der Waals surface area contributed by atoms with Crippen LogP contribution in [0.15, 0.2) is 35.5 Å².